The molecule has 1 amide bonds. The van der Waals surface area contributed by atoms with Gasteiger partial charge in [-0.15, -0.1) is 11.6 Å². The van der Waals surface area contributed by atoms with Crippen molar-refractivity contribution in [1.82, 2.24) is 9.78 Å². The first-order chi connectivity index (χ1) is 8.17. The molecule has 0 fully saturated rings. The van der Waals surface area contributed by atoms with Crippen LogP contribution in [0, 0.1) is 0 Å². The second kappa shape index (κ2) is 7.03. The number of hydrogen-bond acceptors (Lipinski definition) is 4. The second-order valence-corrected chi connectivity index (χ2v) is 3.69. The van der Waals surface area contributed by atoms with Gasteiger partial charge in [0, 0.05) is 19.2 Å². The topological polar surface area (TPSA) is 84.2 Å². The third-order valence-corrected chi connectivity index (χ3v) is 2.30. The number of unbranched alkanes of at least 4 members (excludes halogenated alkanes) is 1. The molecule has 0 unspecified atom stereocenters. The van der Waals surface area contributed by atoms with E-state index in [9.17, 15) is 9.59 Å². The van der Waals surface area contributed by atoms with E-state index in [-0.39, 0.29) is 24.0 Å². The van der Waals surface area contributed by atoms with E-state index in [0.717, 1.165) is 0 Å². The van der Waals surface area contributed by atoms with Gasteiger partial charge in [0.05, 0.1) is 11.9 Å². The summed E-state index contributed by atoms with van der Waals surface area (Å²) in [6.45, 7) is 0.543. The van der Waals surface area contributed by atoms with Gasteiger partial charge in [-0.2, -0.15) is 5.10 Å². The van der Waals surface area contributed by atoms with Crippen molar-refractivity contribution in [3.63, 3.8) is 0 Å². The molecule has 7 heteroatoms. The van der Waals surface area contributed by atoms with Crippen LogP contribution in [0.4, 0.5) is 5.69 Å². The van der Waals surface area contributed by atoms with E-state index >= 15 is 0 Å². The monoisotopic (exact) mass is 259 g/mol. The number of nitrogens with zero attached hydrogens (tertiary/aromatic N) is 2. The van der Waals surface area contributed by atoms with Gasteiger partial charge in [0.25, 0.3) is 5.56 Å². The summed E-state index contributed by atoms with van der Waals surface area (Å²) in [6, 6.07) is 1.29. The number of anilines is 1. The average molecular weight is 260 g/mol. The van der Waals surface area contributed by atoms with Crippen LogP contribution in [0.15, 0.2) is 17.1 Å². The van der Waals surface area contributed by atoms with Gasteiger partial charge in [-0.25, -0.2) is 4.68 Å². The van der Waals surface area contributed by atoms with Crippen molar-refractivity contribution < 1.29 is 9.90 Å². The Hall–Kier alpha value is -1.40. The Morgan fingerprint density at radius 3 is 2.88 bits per heavy atom. The Kier molecular flexibility index (Phi) is 5.65. The first-order valence-corrected chi connectivity index (χ1v) is 5.74. The minimum atomic E-state index is -0.383. The zero-order valence-corrected chi connectivity index (χ0v) is 9.98. The number of aryl methyl sites for hydroxylation is 1. The molecular weight excluding hydrogens is 246 g/mol. The van der Waals surface area contributed by atoms with Gasteiger partial charge in [-0.3, -0.25) is 9.59 Å². The van der Waals surface area contributed by atoms with Crippen LogP contribution < -0.4 is 10.9 Å². The predicted molar refractivity (Wildman–Crippen MR) is 64.2 cm³/mol. The van der Waals surface area contributed by atoms with Crippen molar-refractivity contribution in [1.29, 1.82) is 0 Å². The van der Waals surface area contributed by atoms with E-state index in [1.54, 1.807) is 0 Å². The SMILES string of the molecule is O=C(CCl)Nc1cnn(CCCCO)c(=O)c1. The molecule has 0 radical (unpaired) electrons. The highest BCUT2D eigenvalue weighted by Crippen LogP contribution is 2.00. The predicted octanol–water partition coefficient (Wildman–Crippen LogP) is 0.193. The molecule has 1 aromatic rings. The highest BCUT2D eigenvalue weighted by molar-refractivity contribution is 6.29. The second-order valence-electron chi connectivity index (χ2n) is 3.42. The number of halogens is 1. The zero-order valence-electron chi connectivity index (χ0n) is 9.23. The summed E-state index contributed by atoms with van der Waals surface area (Å²) in [4.78, 5) is 22.5. The number of amides is 1. The summed E-state index contributed by atoms with van der Waals surface area (Å²) in [5, 5.41) is 15.0. The quantitative estimate of drug-likeness (QED) is 0.564. The Morgan fingerprint density at radius 1 is 1.53 bits per heavy atom. The molecule has 0 saturated heterocycles. The van der Waals surface area contributed by atoms with Gasteiger partial charge < -0.3 is 10.4 Å². The van der Waals surface area contributed by atoms with Crippen molar-refractivity contribution in [3.8, 4) is 0 Å². The summed E-state index contributed by atoms with van der Waals surface area (Å²) < 4.78 is 1.28. The average Bonchev–Trinajstić information content (AvgIpc) is 2.32. The third kappa shape index (κ3) is 4.54. The van der Waals surface area contributed by atoms with Gasteiger partial charge in [0.1, 0.15) is 5.88 Å². The summed E-state index contributed by atoms with van der Waals surface area (Å²) in [6.07, 6.45) is 2.69. The lowest BCUT2D eigenvalue weighted by Crippen LogP contribution is -2.24. The van der Waals surface area contributed by atoms with Crippen LogP contribution >= 0.6 is 11.6 Å². The minimum absolute atomic E-state index is 0.0958. The molecule has 17 heavy (non-hydrogen) atoms. The van der Waals surface area contributed by atoms with Gasteiger partial charge in [0.15, 0.2) is 0 Å². The molecule has 0 saturated carbocycles. The lowest BCUT2D eigenvalue weighted by molar-refractivity contribution is -0.113. The first-order valence-electron chi connectivity index (χ1n) is 5.21. The number of aliphatic hydroxyl groups is 1. The number of nitrogens with one attached hydrogen (secondary N) is 1. The molecule has 6 nitrogen and oxygen atoms in total. The van der Waals surface area contributed by atoms with Crippen LogP contribution in [0.2, 0.25) is 0 Å². The fourth-order valence-electron chi connectivity index (χ4n) is 1.24. The Morgan fingerprint density at radius 2 is 2.29 bits per heavy atom. The Balaban J connectivity index is 2.66. The molecule has 94 valence electrons. The fraction of sp³-hybridized carbons (Fsp3) is 0.500. The summed E-state index contributed by atoms with van der Waals surface area (Å²) >= 11 is 5.32. The molecule has 0 aliphatic rings. The molecule has 0 atom stereocenters. The summed E-state index contributed by atoms with van der Waals surface area (Å²) in [5.74, 6) is -0.551. The maximum absolute atomic E-state index is 11.6. The van der Waals surface area contributed by atoms with Crippen molar-refractivity contribution in [3.05, 3.63) is 22.6 Å². The normalized spacial score (nSPS) is 10.2. The van der Waals surface area contributed by atoms with Crippen molar-refractivity contribution >= 4 is 23.2 Å². The molecule has 0 bridgehead atoms. The number of carbonyl (C=O) groups is 1. The van der Waals surface area contributed by atoms with Gasteiger partial charge >= 0.3 is 0 Å². The lowest BCUT2D eigenvalue weighted by atomic mass is 10.3. The van der Waals surface area contributed by atoms with Crippen LogP contribution in [0.3, 0.4) is 0 Å². The molecule has 0 aliphatic carbocycles. The van der Waals surface area contributed by atoms with E-state index in [2.05, 4.69) is 10.4 Å². The van der Waals surface area contributed by atoms with Crippen LogP contribution in [0.1, 0.15) is 12.8 Å². The number of rotatable bonds is 6. The number of carbonyl (C=O) groups excluding carboxylic acids is 1. The van der Waals surface area contributed by atoms with Gasteiger partial charge in [-0.05, 0) is 12.8 Å². The molecule has 1 rings (SSSR count). The van der Waals surface area contributed by atoms with E-state index in [0.29, 0.717) is 25.1 Å². The molecular formula is C10H14ClN3O3. The molecule has 1 aromatic heterocycles. The summed E-state index contributed by atoms with van der Waals surface area (Å²) in [7, 11) is 0. The van der Waals surface area contributed by atoms with Crippen molar-refractivity contribution in [2.75, 3.05) is 17.8 Å². The van der Waals surface area contributed by atoms with Gasteiger partial charge in [-0.1, -0.05) is 0 Å². The fourth-order valence-corrected chi connectivity index (χ4v) is 1.30. The van der Waals surface area contributed by atoms with Crippen LogP contribution in [-0.4, -0.2) is 33.3 Å². The van der Waals surface area contributed by atoms with E-state index in [1.165, 1.54) is 16.9 Å². The van der Waals surface area contributed by atoms with E-state index in [4.69, 9.17) is 16.7 Å². The molecule has 1 heterocycles. The minimum Gasteiger partial charge on any atom is -0.396 e. The van der Waals surface area contributed by atoms with Crippen LogP contribution in [0.5, 0.6) is 0 Å². The largest absolute Gasteiger partial charge is 0.396 e. The van der Waals surface area contributed by atoms with E-state index < -0.39 is 0 Å². The zero-order chi connectivity index (χ0) is 12.7. The molecule has 0 aliphatic heterocycles. The van der Waals surface area contributed by atoms with Crippen molar-refractivity contribution in [2.45, 2.75) is 19.4 Å². The standard InChI is InChI=1S/C10H14ClN3O3/c11-6-9(16)13-8-5-10(17)14(12-7-8)3-1-2-4-15/h5,7,15H,1-4,6H2,(H,13,16). The third-order valence-electron chi connectivity index (χ3n) is 2.05. The van der Waals surface area contributed by atoms with Crippen LogP contribution in [-0.2, 0) is 11.3 Å². The first kappa shape index (κ1) is 13.7. The maximum Gasteiger partial charge on any atom is 0.268 e. The van der Waals surface area contributed by atoms with E-state index in [1.807, 2.05) is 0 Å². The molecule has 0 spiro atoms. The number of alkyl halides is 1. The smallest absolute Gasteiger partial charge is 0.268 e. The summed E-state index contributed by atoms with van der Waals surface area (Å²) in [5.41, 5.74) is 0.0365. The highest BCUT2D eigenvalue weighted by Gasteiger charge is 2.03. The van der Waals surface area contributed by atoms with Crippen molar-refractivity contribution in [2.24, 2.45) is 0 Å². The lowest BCUT2D eigenvalue weighted by Gasteiger charge is -2.05. The molecule has 2 N–H and O–H groups in total. The highest BCUT2D eigenvalue weighted by atomic mass is 35.5. The number of aliphatic hydroxyl groups excluding tert-OH is 1. The number of hydrogen-bond donors (Lipinski definition) is 2. The number of aromatic nitrogens is 2. The Bertz CT molecular complexity index is 433. The van der Waals surface area contributed by atoms with Gasteiger partial charge in [0.2, 0.25) is 5.91 Å². The molecule has 0 aromatic carbocycles. The Labute approximate surface area is 103 Å². The maximum atomic E-state index is 11.6. The van der Waals surface area contributed by atoms with Crippen LogP contribution in [0.25, 0.3) is 0 Å².